The van der Waals surface area contributed by atoms with Gasteiger partial charge in [0.2, 0.25) is 0 Å². The Morgan fingerprint density at radius 1 is 0.679 bits per heavy atom. The SMILES string of the molecule is CN(C)CC(=O)O[C@@H](c1ccccc1)[C@@H](OC(=O)CN(C)C)c1ccccc1. The molecule has 2 rings (SSSR count). The topological polar surface area (TPSA) is 59.1 Å². The molecule has 6 nitrogen and oxygen atoms in total. The van der Waals surface area contributed by atoms with Gasteiger partial charge in [-0.05, 0) is 39.3 Å². The third-order valence-electron chi connectivity index (χ3n) is 3.94. The van der Waals surface area contributed by atoms with Crippen LogP contribution in [0.5, 0.6) is 0 Å². The summed E-state index contributed by atoms with van der Waals surface area (Å²) in [7, 11) is 7.18. The van der Waals surface area contributed by atoms with Crippen LogP contribution >= 0.6 is 0 Å². The van der Waals surface area contributed by atoms with Crippen LogP contribution in [0.25, 0.3) is 0 Å². The van der Waals surface area contributed by atoms with Crippen LogP contribution in [-0.4, -0.2) is 63.0 Å². The van der Waals surface area contributed by atoms with Crippen molar-refractivity contribution in [3.05, 3.63) is 71.8 Å². The Morgan fingerprint density at radius 3 is 1.29 bits per heavy atom. The molecule has 150 valence electrons. The van der Waals surface area contributed by atoms with Crippen molar-refractivity contribution in [2.75, 3.05) is 41.3 Å². The van der Waals surface area contributed by atoms with Gasteiger partial charge in [0, 0.05) is 0 Å². The molecule has 0 N–H and O–H groups in total. The van der Waals surface area contributed by atoms with Gasteiger partial charge >= 0.3 is 11.9 Å². The lowest BCUT2D eigenvalue weighted by Crippen LogP contribution is -2.30. The number of hydrogen-bond donors (Lipinski definition) is 0. The van der Waals surface area contributed by atoms with E-state index in [2.05, 4.69) is 0 Å². The van der Waals surface area contributed by atoms with Crippen molar-refractivity contribution in [2.24, 2.45) is 0 Å². The monoisotopic (exact) mass is 384 g/mol. The second-order valence-electron chi connectivity index (χ2n) is 7.12. The largest absolute Gasteiger partial charge is 0.452 e. The Hall–Kier alpha value is -2.70. The van der Waals surface area contributed by atoms with E-state index in [4.69, 9.17) is 9.47 Å². The Morgan fingerprint density at radius 2 is 1.00 bits per heavy atom. The number of hydrogen-bond acceptors (Lipinski definition) is 6. The smallest absolute Gasteiger partial charge is 0.320 e. The molecule has 0 aliphatic carbocycles. The van der Waals surface area contributed by atoms with Crippen LogP contribution in [0.4, 0.5) is 0 Å². The summed E-state index contributed by atoms with van der Waals surface area (Å²) in [4.78, 5) is 28.3. The molecule has 0 amide bonds. The van der Waals surface area contributed by atoms with Gasteiger partial charge in [0.15, 0.2) is 12.2 Å². The van der Waals surface area contributed by atoms with E-state index in [1.54, 1.807) is 38.0 Å². The first-order valence-electron chi connectivity index (χ1n) is 9.15. The van der Waals surface area contributed by atoms with Crippen LogP contribution in [0.1, 0.15) is 23.3 Å². The molecule has 0 aliphatic heterocycles. The van der Waals surface area contributed by atoms with Crippen LogP contribution in [0, 0.1) is 0 Å². The van der Waals surface area contributed by atoms with Crippen LogP contribution < -0.4 is 0 Å². The number of nitrogens with zero attached hydrogens (tertiary/aromatic N) is 2. The number of carbonyl (C=O) groups excluding carboxylic acids is 2. The van der Waals surface area contributed by atoms with Gasteiger partial charge in [0.1, 0.15) is 0 Å². The van der Waals surface area contributed by atoms with E-state index in [9.17, 15) is 9.59 Å². The minimum atomic E-state index is -0.748. The van der Waals surface area contributed by atoms with Crippen molar-refractivity contribution >= 4 is 11.9 Å². The molecule has 0 bridgehead atoms. The lowest BCUT2D eigenvalue weighted by Gasteiger charge is -2.28. The minimum absolute atomic E-state index is 0.135. The first-order chi connectivity index (χ1) is 13.4. The van der Waals surface area contributed by atoms with E-state index in [0.29, 0.717) is 0 Å². The van der Waals surface area contributed by atoms with Crippen LogP contribution in [0.2, 0.25) is 0 Å². The molecule has 0 saturated carbocycles. The van der Waals surface area contributed by atoms with E-state index in [-0.39, 0.29) is 25.0 Å². The van der Waals surface area contributed by atoms with Gasteiger partial charge < -0.3 is 9.47 Å². The first kappa shape index (κ1) is 21.6. The lowest BCUT2D eigenvalue weighted by molar-refractivity contribution is -0.170. The molecule has 28 heavy (non-hydrogen) atoms. The van der Waals surface area contributed by atoms with E-state index in [1.807, 2.05) is 60.7 Å². The maximum Gasteiger partial charge on any atom is 0.320 e. The maximum absolute atomic E-state index is 12.4. The zero-order chi connectivity index (χ0) is 20.5. The number of ether oxygens (including phenoxy) is 2. The predicted molar refractivity (Wildman–Crippen MR) is 108 cm³/mol. The Labute approximate surface area is 166 Å². The summed E-state index contributed by atoms with van der Waals surface area (Å²) in [5, 5.41) is 0. The Kier molecular flexibility index (Phi) is 8.17. The number of benzene rings is 2. The fourth-order valence-electron chi connectivity index (χ4n) is 2.77. The third kappa shape index (κ3) is 6.79. The highest BCUT2D eigenvalue weighted by Gasteiger charge is 2.32. The van der Waals surface area contributed by atoms with E-state index >= 15 is 0 Å². The summed E-state index contributed by atoms with van der Waals surface area (Å²) < 4.78 is 11.6. The van der Waals surface area contributed by atoms with Gasteiger partial charge in [0.25, 0.3) is 0 Å². The summed E-state index contributed by atoms with van der Waals surface area (Å²) >= 11 is 0. The summed E-state index contributed by atoms with van der Waals surface area (Å²) in [5.74, 6) is -0.771. The van der Waals surface area contributed by atoms with Gasteiger partial charge in [-0.25, -0.2) is 0 Å². The molecule has 0 aliphatic rings. The summed E-state index contributed by atoms with van der Waals surface area (Å²) in [5.41, 5.74) is 1.53. The van der Waals surface area contributed by atoms with Gasteiger partial charge in [-0.2, -0.15) is 0 Å². The minimum Gasteiger partial charge on any atom is -0.452 e. The molecule has 0 aromatic heterocycles. The molecule has 2 atom stereocenters. The highest BCUT2D eigenvalue weighted by atomic mass is 16.6. The van der Waals surface area contributed by atoms with Crippen molar-refractivity contribution in [3.8, 4) is 0 Å². The van der Waals surface area contributed by atoms with Crippen molar-refractivity contribution in [2.45, 2.75) is 12.2 Å². The summed E-state index contributed by atoms with van der Waals surface area (Å²) in [6, 6.07) is 18.7. The van der Waals surface area contributed by atoms with E-state index in [1.165, 1.54) is 0 Å². The normalized spacial score (nSPS) is 13.2. The van der Waals surface area contributed by atoms with Gasteiger partial charge in [-0.3, -0.25) is 19.4 Å². The third-order valence-corrected chi connectivity index (χ3v) is 3.94. The molecule has 0 spiro atoms. The predicted octanol–water partition coefficient (Wildman–Crippen LogP) is 2.68. The lowest BCUT2D eigenvalue weighted by atomic mass is 9.98. The van der Waals surface area contributed by atoms with Gasteiger partial charge in [-0.15, -0.1) is 0 Å². The zero-order valence-electron chi connectivity index (χ0n) is 16.9. The average molecular weight is 384 g/mol. The Balaban J connectivity index is 2.39. The number of likely N-dealkylation sites (N-methyl/N-ethyl adjacent to an activating group) is 2. The van der Waals surface area contributed by atoms with Gasteiger partial charge in [-0.1, -0.05) is 60.7 Å². The highest BCUT2D eigenvalue weighted by molar-refractivity contribution is 5.73. The maximum atomic E-state index is 12.4. The van der Waals surface area contributed by atoms with Crippen LogP contribution in [0.15, 0.2) is 60.7 Å². The quantitative estimate of drug-likeness (QED) is 0.620. The molecule has 2 aromatic rings. The van der Waals surface area contributed by atoms with Crippen molar-refractivity contribution in [1.29, 1.82) is 0 Å². The number of rotatable bonds is 9. The molecule has 0 radical (unpaired) electrons. The number of carbonyl (C=O) groups is 2. The standard InChI is InChI=1S/C22H28N2O4/c1-23(2)15-19(25)27-21(17-11-7-5-8-12-17)22(18-13-9-6-10-14-18)28-20(26)16-24(3)4/h5-14,21-22H,15-16H2,1-4H3/t21-,22-/m0/s1. The molecule has 6 heteroatoms. The molecular formula is C22H28N2O4. The number of esters is 2. The molecular weight excluding hydrogens is 356 g/mol. The fourth-order valence-corrected chi connectivity index (χ4v) is 2.77. The van der Waals surface area contributed by atoms with Gasteiger partial charge in [0.05, 0.1) is 13.1 Å². The second-order valence-corrected chi connectivity index (χ2v) is 7.12. The molecule has 0 unspecified atom stereocenters. The summed E-state index contributed by atoms with van der Waals surface area (Å²) in [6.07, 6.45) is -1.50. The summed E-state index contributed by atoms with van der Waals surface area (Å²) in [6.45, 7) is 0.271. The molecule has 0 saturated heterocycles. The van der Waals surface area contributed by atoms with E-state index in [0.717, 1.165) is 11.1 Å². The Bertz CT molecular complexity index is 682. The average Bonchev–Trinajstić information content (AvgIpc) is 2.65. The van der Waals surface area contributed by atoms with Crippen molar-refractivity contribution in [3.63, 3.8) is 0 Å². The highest BCUT2D eigenvalue weighted by Crippen LogP contribution is 2.35. The van der Waals surface area contributed by atoms with Crippen molar-refractivity contribution < 1.29 is 19.1 Å². The van der Waals surface area contributed by atoms with Crippen LogP contribution in [0.3, 0.4) is 0 Å². The van der Waals surface area contributed by atoms with E-state index < -0.39 is 12.2 Å². The molecule has 0 fully saturated rings. The first-order valence-corrected chi connectivity index (χ1v) is 9.15. The van der Waals surface area contributed by atoms with Crippen LogP contribution in [-0.2, 0) is 19.1 Å². The molecule has 0 heterocycles. The molecule has 2 aromatic carbocycles. The second kappa shape index (κ2) is 10.6. The fraction of sp³-hybridized carbons (Fsp3) is 0.364. The van der Waals surface area contributed by atoms with Crippen molar-refractivity contribution in [1.82, 2.24) is 9.80 Å². The zero-order valence-corrected chi connectivity index (χ0v) is 16.9.